The SMILES string of the molecule is Cc1ccc(Cc2c(C(=O)Nc3cc(C)ccc3C)sc3ccccc23)cc1. The molecule has 0 aliphatic rings. The van der Waals surface area contributed by atoms with E-state index in [0.717, 1.165) is 38.4 Å². The summed E-state index contributed by atoms with van der Waals surface area (Å²) in [5.74, 6) is -0.0305. The summed E-state index contributed by atoms with van der Waals surface area (Å²) in [5.41, 5.74) is 6.65. The zero-order valence-corrected chi connectivity index (χ0v) is 17.2. The van der Waals surface area contributed by atoms with E-state index in [-0.39, 0.29) is 5.91 Å². The zero-order valence-electron chi connectivity index (χ0n) is 16.4. The van der Waals surface area contributed by atoms with Crippen LogP contribution in [-0.2, 0) is 6.42 Å². The van der Waals surface area contributed by atoms with Gasteiger partial charge in [-0.3, -0.25) is 4.79 Å². The van der Waals surface area contributed by atoms with Crippen LogP contribution < -0.4 is 5.32 Å². The van der Waals surface area contributed by atoms with Crippen molar-refractivity contribution in [1.82, 2.24) is 0 Å². The normalized spacial score (nSPS) is 11.0. The van der Waals surface area contributed by atoms with E-state index in [2.05, 4.69) is 54.7 Å². The van der Waals surface area contributed by atoms with Crippen molar-refractivity contribution in [2.75, 3.05) is 5.32 Å². The van der Waals surface area contributed by atoms with E-state index in [0.29, 0.717) is 0 Å². The number of carbonyl (C=O) groups excluding carboxylic acids is 1. The van der Waals surface area contributed by atoms with Crippen molar-refractivity contribution in [3.63, 3.8) is 0 Å². The van der Waals surface area contributed by atoms with Gasteiger partial charge in [-0.2, -0.15) is 0 Å². The average Bonchev–Trinajstić information content (AvgIpc) is 3.05. The standard InChI is InChI=1S/C25H23NOS/c1-16-9-12-19(13-10-16)15-21-20-6-4-5-7-23(20)28-24(21)25(27)26-22-14-17(2)8-11-18(22)3/h4-14H,15H2,1-3H3,(H,26,27). The Morgan fingerprint density at radius 3 is 2.39 bits per heavy atom. The predicted molar refractivity (Wildman–Crippen MR) is 120 cm³/mol. The average molecular weight is 386 g/mol. The fourth-order valence-corrected chi connectivity index (χ4v) is 4.53. The maximum Gasteiger partial charge on any atom is 0.266 e. The Balaban J connectivity index is 1.74. The van der Waals surface area contributed by atoms with Crippen molar-refractivity contribution in [3.05, 3.63) is 99.4 Å². The maximum absolute atomic E-state index is 13.2. The molecule has 0 aliphatic carbocycles. The molecule has 2 nitrogen and oxygen atoms in total. The van der Waals surface area contributed by atoms with Gasteiger partial charge in [0.15, 0.2) is 0 Å². The van der Waals surface area contributed by atoms with Crippen molar-refractivity contribution in [1.29, 1.82) is 0 Å². The first-order chi connectivity index (χ1) is 13.5. The number of nitrogens with one attached hydrogen (secondary N) is 1. The van der Waals surface area contributed by atoms with Crippen LogP contribution >= 0.6 is 11.3 Å². The lowest BCUT2D eigenvalue weighted by Crippen LogP contribution is -2.13. The fourth-order valence-electron chi connectivity index (χ4n) is 3.42. The summed E-state index contributed by atoms with van der Waals surface area (Å²) in [6.45, 7) is 6.15. The van der Waals surface area contributed by atoms with Crippen molar-refractivity contribution in [2.24, 2.45) is 0 Å². The number of aryl methyl sites for hydroxylation is 3. The lowest BCUT2D eigenvalue weighted by molar-refractivity contribution is 0.103. The monoisotopic (exact) mass is 385 g/mol. The molecule has 28 heavy (non-hydrogen) atoms. The number of hydrogen-bond acceptors (Lipinski definition) is 2. The molecule has 3 aromatic carbocycles. The summed E-state index contributed by atoms with van der Waals surface area (Å²) in [4.78, 5) is 14.0. The molecule has 3 heteroatoms. The van der Waals surface area contributed by atoms with E-state index in [4.69, 9.17) is 0 Å². The van der Waals surface area contributed by atoms with E-state index in [1.807, 2.05) is 38.1 Å². The van der Waals surface area contributed by atoms with Gasteiger partial charge in [0, 0.05) is 10.4 Å². The lowest BCUT2D eigenvalue weighted by Gasteiger charge is -2.10. The molecule has 0 atom stereocenters. The van der Waals surface area contributed by atoms with Crippen molar-refractivity contribution >= 4 is 33.0 Å². The molecule has 1 amide bonds. The summed E-state index contributed by atoms with van der Waals surface area (Å²) in [6.07, 6.45) is 0.750. The van der Waals surface area contributed by atoms with Gasteiger partial charge in [0.1, 0.15) is 0 Å². The van der Waals surface area contributed by atoms with Crippen LogP contribution in [0.2, 0.25) is 0 Å². The number of carbonyl (C=O) groups is 1. The number of rotatable bonds is 4. The molecular weight excluding hydrogens is 362 g/mol. The summed E-state index contributed by atoms with van der Waals surface area (Å²) >= 11 is 1.57. The molecule has 0 spiro atoms. The second-order valence-corrected chi connectivity index (χ2v) is 8.39. The zero-order chi connectivity index (χ0) is 19.7. The quantitative estimate of drug-likeness (QED) is 0.417. The van der Waals surface area contributed by atoms with E-state index in [1.165, 1.54) is 16.5 Å². The summed E-state index contributed by atoms with van der Waals surface area (Å²) < 4.78 is 1.15. The number of fused-ring (bicyclic) bond motifs is 1. The van der Waals surface area contributed by atoms with Gasteiger partial charge >= 0.3 is 0 Å². The Morgan fingerprint density at radius 2 is 1.61 bits per heavy atom. The van der Waals surface area contributed by atoms with Crippen LogP contribution in [0.4, 0.5) is 5.69 Å². The largest absolute Gasteiger partial charge is 0.321 e. The lowest BCUT2D eigenvalue weighted by atomic mass is 10.0. The second-order valence-electron chi connectivity index (χ2n) is 7.34. The predicted octanol–water partition coefficient (Wildman–Crippen LogP) is 6.67. The van der Waals surface area contributed by atoms with Crippen molar-refractivity contribution < 1.29 is 4.79 Å². The molecule has 4 aromatic rings. The van der Waals surface area contributed by atoms with Gasteiger partial charge in [-0.15, -0.1) is 11.3 Å². The molecule has 0 bridgehead atoms. The Morgan fingerprint density at radius 1 is 0.893 bits per heavy atom. The molecule has 1 heterocycles. The second kappa shape index (κ2) is 7.61. The smallest absolute Gasteiger partial charge is 0.266 e. The third-order valence-electron chi connectivity index (χ3n) is 5.05. The first-order valence-corrected chi connectivity index (χ1v) is 10.3. The number of anilines is 1. The summed E-state index contributed by atoms with van der Waals surface area (Å²) in [5, 5.41) is 4.30. The molecule has 4 rings (SSSR count). The Labute approximate surface area is 169 Å². The van der Waals surface area contributed by atoms with E-state index in [9.17, 15) is 4.79 Å². The Kier molecular flexibility index (Phi) is 5.01. The van der Waals surface area contributed by atoms with Gasteiger partial charge in [0.2, 0.25) is 0 Å². The van der Waals surface area contributed by atoms with Crippen molar-refractivity contribution in [2.45, 2.75) is 27.2 Å². The fraction of sp³-hybridized carbons (Fsp3) is 0.160. The highest BCUT2D eigenvalue weighted by Gasteiger charge is 2.19. The molecular formula is C25H23NOS. The third kappa shape index (κ3) is 3.71. The van der Waals surface area contributed by atoms with Gasteiger partial charge in [0.05, 0.1) is 4.88 Å². The maximum atomic E-state index is 13.2. The number of hydrogen-bond donors (Lipinski definition) is 1. The molecule has 1 N–H and O–H groups in total. The van der Waals surface area contributed by atoms with Gasteiger partial charge in [-0.25, -0.2) is 0 Å². The van der Waals surface area contributed by atoms with Crippen molar-refractivity contribution in [3.8, 4) is 0 Å². The molecule has 1 aromatic heterocycles. The summed E-state index contributed by atoms with van der Waals surface area (Å²) in [7, 11) is 0. The van der Waals surface area contributed by atoms with Crippen LogP contribution in [0.25, 0.3) is 10.1 Å². The molecule has 0 aliphatic heterocycles. The highest BCUT2D eigenvalue weighted by atomic mass is 32.1. The minimum Gasteiger partial charge on any atom is -0.321 e. The van der Waals surface area contributed by atoms with Gasteiger partial charge in [0.25, 0.3) is 5.91 Å². The first-order valence-electron chi connectivity index (χ1n) is 9.46. The van der Waals surface area contributed by atoms with Gasteiger partial charge in [-0.1, -0.05) is 60.2 Å². The molecule has 0 radical (unpaired) electrons. The van der Waals surface area contributed by atoms with Gasteiger partial charge in [-0.05, 0) is 67.0 Å². The molecule has 0 unspecified atom stereocenters. The highest BCUT2D eigenvalue weighted by molar-refractivity contribution is 7.21. The van der Waals surface area contributed by atoms with Crippen LogP contribution in [0.15, 0.2) is 66.7 Å². The minimum atomic E-state index is -0.0305. The first kappa shape index (κ1) is 18.5. The topological polar surface area (TPSA) is 29.1 Å². The van der Waals surface area contributed by atoms with E-state index >= 15 is 0 Å². The van der Waals surface area contributed by atoms with Gasteiger partial charge < -0.3 is 5.32 Å². The molecule has 140 valence electrons. The van der Waals surface area contributed by atoms with Crippen LogP contribution in [0, 0.1) is 20.8 Å². The van der Waals surface area contributed by atoms with Crippen LogP contribution in [0.3, 0.4) is 0 Å². The highest BCUT2D eigenvalue weighted by Crippen LogP contribution is 2.34. The van der Waals surface area contributed by atoms with Crippen LogP contribution in [-0.4, -0.2) is 5.91 Å². The van der Waals surface area contributed by atoms with E-state index < -0.39 is 0 Å². The Hall–Kier alpha value is -2.91. The number of benzene rings is 3. The summed E-state index contributed by atoms with van der Waals surface area (Å²) in [6, 6.07) is 23.0. The molecule has 0 saturated carbocycles. The van der Waals surface area contributed by atoms with Crippen LogP contribution in [0.1, 0.15) is 37.5 Å². The van der Waals surface area contributed by atoms with E-state index in [1.54, 1.807) is 11.3 Å². The number of amides is 1. The number of thiophene rings is 1. The minimum absolute atomic E-state index is 0.0305. The third-order valence-corrected chi connectivity index (χ3v) is 6.26. The Bertz CT molecular complexity index is 1160. The molecule has 0 fully saturated rings. The molecule has 0 saturated heterocycles. The van der Waals surface area contributed by atoms with Crippen LogP contribution in [0.5, 0.6) is 0 Å².